The van der Waals surface area contributed by atoms with Crippen LogP contribution in [0.4, 0.5) is 0 Å². The Morgan fingerprint density at radius 2 is 2.06 bits per heavy atom. The number of aromatic nitrogens is 2. The molecule has 1 aromatic rings. The zero-order chi connectivity index (χ0) is 12.5. The van der Waals surface area contributed by atoms with Crippen molar-refractivity contribution < 1.29 is 14.3 Å². The first-order valence-corrected chi connectivity index (χ1v) is 5.29. The highest BCUT2D eigenvalue weighted by Gasteiger charge is 2.04. The quantitative estimate of drug-likeness (QED) is 0.549. The Morgan fingerprint density at radius 1 is 1.35 bits per heavy atom. The predicted molar refractivity (Wildman–Crippen MR) is 60.4 cm³/mol. The molecule has 0 saturated heterocycles. The van der Waals surface area contributed by atoms with E-state index in [4.69, 9.17) is 4.74 Å². The van der Waals surface area contributed by atoms with Crippen molar-refractivity contribution in [1.29, 1.82) is 0 Å². The van der Waals surface area contributed by atoms with E-state index in [2.05, 4.69) is 20.6 Å². The van der Waals surface area contributed by atoms with Crippen LogP contribution in [0, 0.1) is 0 Å². The van der Waals surface area contributed by atoms with E-state index in [1.807, 2.05) is 0 Å². The van der Waals surface area contributed by atoms with E-state index in [-0.39, 0.29) is 11.8 Å². The fourth-order valence-corrected chi connectivity index (χ4v) is 1.11. The minimum Gasteiger partial charge on any atom is -0.378 e. The number of carbonyl (C=O) groups is 2. The molecule has 0 aliphatic carbocycles. The van der Waals surface area contributed by atoms with E-state index in [0.717, 1.165) is 0 Å². The average Bonchev–Trinajstić information content (AvgIpc) is 2.80. The number of aromatic amines is 1. The lowest BCUT2D eigenvalue weighted by atomic mass is 10.4. The zero-order valence-corrected chi connectivity index (χ0v) is 9.66. The minimum atomic E-state index is -0.215. The smallest absolute Gasteiger partial charge is 0.269 e. The van der Waals surface area contributed by atoms with Crippen molar-refractivity contribution in [3.8, 4) is 0 Å². The molecule has 0 atom stereocenters. The molecule has 7 nitrogen and oxygen atoms in total. The van der Waals surface area contributed by atoms with Crippen LogP contribution in [0.3, 0.4) is 0 Å². The van der Waals surface area contributed by atoms with Crippen LogP contribution in [0.2, 0.25) is 0 Å². The van der Waals surface area contributed by atoms with Gasteiger partial charge in [-0.1, -0.05) is 0 Å². The fourth-order valence-electron chi connectivity index (χ4n) is 1.11. The summed E-state index contributed by atoms with van der Waals surface area (Å²) in [5, 5.41) is 5.27. The highest BCUT2D eigenvalue weighted by molar-refractivity contribution is 5.91. The largest absolute Gasteiger partial charge is 0.378 e. The molecule has 0 saturated carbocycles. The maximum atomic E-state index is 11.4. The molecule has 0 bridgehead atoms. The van der Waals surface area contributed by atoms with Crippen molar-refractivity contribution in [2.75, 3.05) is 26.3 Å². The predicted octanol–water partition coefficient (Wildman–Crippen LogP) is -0.708. The van der Waals surface area contributed by atoms with Crippen LogP contribution in [0.15, 0.2) is 12.5 Å². The SMILES string of the molecule is CC(=O)NCCOCCNC(=O)c1cnc[nH]1. The summed E-state index contributed by atoms with van der Waals surface area (Å²) < 4.78 is 5.20. The van der Waals surface area contributed by atoms with Gasteiger partial charge in [0.25, 0.3) is 5.91 Å². The first-order valence-electron chi connectivity index (χ1n) is 5.29. The van der Waals surface area contributed by atoms with Gasteiger partial charge in [0.2, 0.25) is 5.91 Å². The molecule has 0 aliphatic heterocycles. The number of hydrogen-bond donors (Lipinski definition) is 3. The Kier molecular flexibility index (Phi) is 5.73. The van der Waals surface area contributed by atoms with E-state index in [9.17, 15) is 9.59 Å². The molecule has 1 rings (SSSR count). The van der Waals surface area contributed by atoms with Crippen LogP contribution in [0.5, 0.6) is 0 Å². The molecule has 7 heteroatoms. The summed E-state index contributed by atoms with van der Waals surface area (Å²) in [7, 11) is 0. The van der Waals surface area contributed by atoms with E-state index in [1.165, 1.54) is 19.4 Å². The van der Waals surface area contributed by atoms with Crippen molar-refractivity contribution in [1.82, 2.24) is 20.6 Å². The molecule has 0 spiro atoms. The molecule has 3 N–H and O–H groups in total. The number of carbonyl (C=O) groups excluding carboxylic acids is 2. The standard InChI is InChI=1S/C10H16N4O3/c1-8(15)12-2-4-17-5-3-13-10(16)9-6-11-7-14-9/h6-7H,2-5H2,1H3,(H,11,14)(H,12,15)(H,13,16). The Hall–Kier alpha value is -1.89. The second-order valence-corrected chi connectivity index (χ2v) is 3.32. The Balaban J connectivity index is 1.97. The van der Waals surface area contributed by atoms with Crippen LogP contribution in [-0.4, -0.2) is 48.1 Å². The maximum absolute atomic E-state index is 11.4. The normalized spacial score (nSPS) is 9.94. The lowest BCUT2D eigenvalue weighted by molar-refractivity contribution is -0.119. The number of amides is 2. The number of H-pyrrole nitrogens is 1. The second kappa shape index (κ2) is 7.39. The van der Waals surface area contributed by atoms with Gasteiger partial charge in [-0.3, -0.25) is 9.59 Å². The summed E-state index contributed by atoms with van der Waals surface area (Å²) >= 11 is 0. The summed E-state index contributed by atoms with van der Waals surface area (Å²) in [4.78, 5) is 28.3. The number of imidazole rings is 1. The van der Waals surface area contributed by atoms with Crippen LogP contribution in [-0.2, 0) is 9.53 Å². The monoisotopic (exact) mass is 240 g/mol. The molecule has 0 radical (unpaired) electrons. The van der Waals surface area contributed by atoms with Crippen molar-refractivity contribution in [2.24, 2.45) is 0 Å². The van der Waals surface area contributed by atoms with Gasteiger partial charge in [0.1, 0.15) is 5.69 Å². The Bertz CT molecular complexity index is 350. The number of hydrogen-bond acceptors (Lipinski definition) is 4. The van der Waals surface area contributed by atoms with Gasteiger partial charge >= 0.3 is 0 Å². The summed E-state index contributed by atoms with van der Waals surface area (Å²) in [6.45, 7) is 3.17. The van der Waals surface area contributed by atoms with E-state index < -0.39 is 0 Å². The van der Waals surface area contributed by atoms with Gasteiger partial charge in [-0.2, -0.15) is 0 Å². The van der Waals surface area contributed by atoms with Crippen LogP contribution < -0.4 is 10.6 Å². The van der Waals surface area contributed by atoms with Crippen molar-refractivity contribution in [3.05, 3.63) is 18.2 Å². The molecule has 0 unspecified atom stereocenters. The van der Waals surface area contributed by atoms with Gasteiger partial charge in [-0.15, -0.1) is 0 Å². The van der Waals surface area contributed by atoms with Gasteiger partial charge in [0.05, 0.1) is 25.7 Å². The molecule has 94 valence electrons. The topological polar surface area (TPSA) is 96.1 Å². The first-order chi connectivity index (χ1) is 8.20. The Labute approximate surface area is 99.0 Å². The van der Waals surface area contributed by atoms with Crippen LogP contribution in [0.1, 0.15) is 17.4 Å². The molecule has 0 fully saturated rings. The molecule has 0 aromatic carbocycles. The van der Waals surface area contributed by atoms with Crippen molar-refractivity contribution in [2.45, 2.75) is 6.92 Å². The van der Waals surface area contributed by atoms with Crippen molar-refractivity contribution in [3.63, 3.8) is 0 Å². The van der Waals surface area contributed by atoms with E-state index in [0.29, 0.717) is 32.0 Å². The summed E-state index contributed by atoms with van der Waals surface area (Å²) in [6, 6.07) is 0. The third-order valence-electron chi connectivity index (χ3n) is 1.90. The highest BCUT2D eigenvalue weighted by Crippen LogP contribution is 1.89. The number of nitrogens with one attached hydrogen (secondary N) is 3. The first kappa shape index (κ1) is 13.2. The number of ether oxygens (including phenoxy) is 1. The van der Waals surface area contributed by atoms with Gasteiger partial charge in [-0.25, -0.2) is 4.98 Å². The van der Waals surface area contributed by atoms with Crippen LogP contribution >= 0.6 is 0 Å². The van der Waals surface area contributed by atoms with Gasteiger partial charge in [-0.05, 0) is 0 Å². The number of nitrogens with zero attached hydrogens (tertiary/aromatic N) is 1. The lowest BCUT2D eigenvalue weighted by Crippen LogP contribution is -2.29. The third-order valence-corrected chi connectivity index (χ3v) is 1.90. The fraction of sp³-hybridized carbons (Fsp3) is 0.500. The Morgan fingerprint density at radius 3 is 2.65 bits per heavy atom. The maximum Gasteiger partial charge on any atom is 0.269 e. The summed E-state index contributed by atoms with van der Waals surface area (Å²) in [5.74, 6) is -0.297. The third kappa shape index (κ3) is 5.67. The number of rotatable bonds is 7. The lowest BCUT2D eigenvalue weighted by Gasteiger charge is -2.05. The highest BCUT2D eigenvalue weighted by atomic mass is 16.5. The summed E-state index contributed by atoms with van der Waals surface area (Å²) in [6.07, 6.45) is 2.89. The molecule has 1 heterocycles. The van der Waals surface area contributed by atoms with Gasteiger partial charge < -0.3 is 20.4 Å². The van der Waals surface area contributed by atoms with Crippen molar-refractivity contribution >= 4 is 11.8 Å². The van der Waals surface area contributed by atoms with Gasteiger partial charge in [0.15, 0.2) is 0 Å². The second-order valence-electron chi connectivity index (χ2n) is 3.32. The minimum absolute atomic E-state index is 0.0823. The molecular weight excluding hydrogens is 224 g/mol. The summed E-state index contributed by atoms with van der Waals surface area (Å²) in [5.41, 5.74) is 0.420. The van der Waals surface area contributed by atoms with Gasteiger partial charge in [0, 0.05) is 20.0 Å². The molecule has 1 aromatic heterocycles. The molecular formula is C10H16N4O3. The molecule has 2 amide bonds. The average molecular weight is 240 g/mol. The molecule has 0 aliphatic rings. The van der Waals surface area contributed by atoms with Crippen LogP contribution in [0.25, 0.3) is 0 Å². The van der Waals surface area contributed by atoms with E-state index in [1.54, 1.807) is 0 Å². The van der Waals surface area contributed by atoms with E-state index >= 15 is 0 Å². The molecule has 17 heavy (non-hydrogen) atoms. The zero-order valence-electron chi connectivity index (χ0n) is 9.66.